The highest BCUT2D eigenvalue weighted by atomic mass is 16.5. The molecule has 0 spiro atoms. The monoisotopic (exact) mass is 262 g/mol. The number of hydrogen-bond acceptors (Lipinski definition) is 3. The first-order chi connectivity index (χ1) is 9.27. The maximum atomic E-state index is 12.0. The molecular weight excluding hydrogens is 240 g/mol. The van der Waals surface area contributed by atoms with Gasteiger partial charge in [-0.3, -0.25) is 4.79 Å². The molecule has 0 aliphatic heterocycles. The van der Waals surface area contributed by atoms with Crippen LogP contribution in [0.1, 0.15) is 12.5 Å². The minimum atomic E-state index is -0.446. The lowest BCUT2D eigenvalue weighted by atomic mass is 10.1. The second-order valence-electron chi connectivity index (χ2n) is 4.09. The van der Waals surface area contributed by atoms with E-state index in [1.54, 1.807) is 0 Å². The average Bonchev–Trinajstić information content (AvgIpc) is 2.44. The van der Waals surface area contributed by atoms with Gasteiger partial charge in [0, 0.05) is 26.1 Å². The van der Waals surface area contributed by atoms with Gasteiger partial charge in [0.1, 0.15) is 6.10 Å². The molecule has 0 heterocycles. The van der Waals surface area contributed by atoms with E-state index in [9.17, 15) is 4.79 Å². The standard InChI is InChI=1S/C15H22N2O2/c1-2-19-14(12-13-8-4-3-5-9-13)15(18)17-11-7-6-10-16/h3-9,14H,2,10-12,16H2,1H3,(H,17,18)/b7-6+/t14-/m0/s1. The van der Waals surface area contributed by atoms with Crippen LogP contribution in [-0.4, -0.2) is 31.7 Å². The summed E-state index contributed by atoms with van der Waals surface area (Å²) >= 11 is 0. The summed E-state index contributed by atoms with van der Waals surface area (Å²) in [5, 5.41) is 2.82. The maximum absolute atomic E-state index is 12.0. The van der Waals surface area contributed by atoms with Crippen molar-refractivity contribution in [3.05, 3.63) is 48.0 Å². The Labute approximate surface area is 114 Å². The van der Waals surface area contributed by atoms with E-state index in [2.05, 4.69) is 5.32 Å². The molecule has 19 heavy (non-hydrogen) atoms. The second-order valence-corrected chi connectivity index (χ2v) is 4.09. The summed E-state index contributed by atoms with van der Waals surface area (Å²) in [5.41, 5.74) is 6.42. The first-order valence-electron chi connectivity index (χ1n) is 6.56. The molecule has 0 saturated heterocycles. The van der Waals surface area contributed by atoms with Crippen molar-refractivity contribution >= 4 is 5.91 Å². The number of amides is 1. The predicted molar refractivity (Wildman–Crippen MR) is 76.8 cm³/mol. The van der Waals surface area contributed by atoms with Crippen LogP contribution < -0.4 is 11.1 Å². The van der Waals surface area contributed by atoms with Crippen LogP contribution >= 0.6 is 0 Å². The van der Waals surface area contributed by atoms with Crippen LogP contribution in [0, 0.1) is 0 Å². The Morgan fingerprint density at radius 1 is 1.37 bits per heavy atom. The third-order valence-electron chi connectivity index (χ3n) is 2.62. The van der Waals surface area contributed by atoms with E-state index in [0.717, 1.165) is 5.56 Å². The Kier molecular flexibility index (Phi) is 7.54. The van der Waals surface area contributed by atoms with Gasteiger partial charge in [0.05, 0.1) is 0 Å². The number of ether oxygens (including phenoxy) is 1. The lowest BCUT2D eigenvalue weighted by Crippen LogP contribution is -2.38. The van der Waals surface area contributed by atoms with Crippen LogP contribution in [0.2, 0.25) is 0 Å². The summed E-state index contributed by atoms with van der Waals surface area (Å²) in [7, 11) is 0. The van der Waals surface area contributed by atoms with Gasteiger partial charge >= 0.3 is 0 Å². The molecule has 0 bridgehead atoms. The number of carbonyl (C=O) groups is 1. The van der Waals surface area contributed by atoms with Gasteiger partial charge in [-0.25, -0.2) is 0 Å². The third-order valence-corrected chi connectivity index (χ3v) is 2.62. The first-order valence-corrected chi connectivity index (χ1v) is 6.56. The zero-order valence-corrected chi connectivity index (χ0v) is 11.3. The smallest absolute Gasteiger partial charge is 0.249 e. The molecule has 0 aliphatic carbocycles. The summed E-state index contributed by atoms with van der Waals surface area (Å²) in [4.78, 5) is 12.0. The number of nitrogens with one attached hydrogen (secondary N) is 1. The number of hydrogen-bond donors (Lipinski definition) is 2. The van der Waals surface area contributed by atoms with E-state index in [1.807, 2.05) is 49.4 Å². The molecule has 1 aromatic rings. The summed E-state index contributed by atoms with van der Waals surface area (Å²) in [6, 6.07) is 9.86. The van der Waals surface area contributed by atoms with E-state index >= 15 is 0 Å². The molecule has 3 N–H and O–H groups in total. The fraction of sp³-hybridized carbons (Fsp3) is 0.400. The van der Waals surface area contributed by atoms with Crippen LogP contribution in [0.3, 0.4) is 0 Å². The molecule has 0 aromatic heterocycles. The Hall–Kier alpha value is -1.65. The van der Waals surface area contributed by atoms with Crippen LogP contribution in [0.25, 0.3) is 0 Å². The highest BCUT2D eigenvalue weighted by molar-refractivity contribution is 5.81. The number of rotatable bonds is 8. The normalized spacial score (nSPS) is 12.5. The lowest BCUT2D eigenvalue weighted by molar-refractivity contribution is -0.132. The van der Waals surface area contributed by atoms with Crippen molar-refractivity contribution in [1.29, 1.82) is 0 Å². The summed E-state index contributed by atoms with van der Waals surface area (Å²) < 4.78 is 5.50. The Balaban J connectivity index is 2.51. The lowest BCUT2D eigenvalue weighted by Gasteiger charge is -2.16. The zero-order chi connectivity index (χ0) is 13.9. The summed E-state index contributed by atoms with van der Waals surface area (Å²) in [6.07, 6.45) is 3.79. The van der Waals surface area contributed by atoms with Crippen LogP contribution in [-0.2, 0) is 16.0 Å². The van der Waals surface area contributed by atoms with E-state index in [4.69, 9.17) is 10.5 Å². The van der Waals surface area contributed by atoms with Gasteiger partial charge in [0.15, 0.2) is 0 Å². The van der Waals surface area contributed by atoms with Gasteiger partial charge in [0.25, 0.3) is 0 Å². The van der Waals surface area contributed by atoms with Crippen LogP contribution in [0.4, 0.5) is 0 Å². The van der Waals surface area contributed by atoms with Crippen molar-refractivity contribution < 1.29 is 9.53 Å². The number of nitrogens with two attached hydrogens (primary N) is 1. The van der Waals surface area contributed by atoms with Crippen molar-refractivity contribution in [3.8, 4) is 0 Å². The third kappa shape index (κ3) is 6.18. The van der Waals surface area contributed by atoms with Crippen molar-refractivity contribution in [2.24, 2.45) is 5.73 Å². The molecule has 1 atom stereocenters. The molecule has 0 aliphatic rings. The zero-order valence-electron chi connectivity index (χ0n) is 11.3. The predicted octanol–water partition coefficient (Wildman–Crippen LogP) is 1.27. The average molecular weight is 262 g/mol. The molecule has 1 amide bonds. The van der Waals surface area contributed by atoms with Crippen LogP contribution in [0.15, 0.2) is 42.5 Å². The molecule has 1 aromatic carbocycles. The van der Waals surface area contributed by atoms with Crippen LogP contribution in [0.5, 0.6) is 0 Å². The Bertz CT molecular complexity index is 390. The molecule has 0 unspecified atom stereocenters. The highest BCUT2D eigenvalue weighted by Crippen LogP contribution is 2.06. The SMILES string of the molecule is CCO[C@@H](Cc1ccccc1)C(=O)NC/C=C/CN. The minimum Gasteiger partial charge on any atom is -0.368 e. The van der Waals surface area contributed by atoms with E-state index < -0.39 is 6.10 Å². The molecule has 104 valence electrons. The van der Waals surface area contributed by atoms with Crippen molar-refractivity contribution in [1.82, 2.24) is 5.32 Å². The largest absolute Gasteiger partial charge is 0.368 e. The molecule has 4 nitrogen and oxygen atoms in total. The van der Waals surface area contributed by atoms with Crippen molar-refractivity contribution in [3.63, 3.8) is 0 Å². The highest BCUT2D eigenvalue weighted by Gasteiger charge is 2.18. The van der Waals surface area contributed by atoms with Crippen molar-refractivity contribution in [2.45, 2.75) is 19.4 Å². The molecular formula is C15H22N2O2. The van der Waals surface area contributed by atoms with E-state index in [1.165, 1.54) is 0 Å². The fourth-order valence-electron chi connectivity index (χ4n) is 1.71. The minimum absolute atomic E-state index is 0.0904. The quantitative estimate of drug-likeness (QED) is 0.693. The topological polar surface area (TPSA) is 64.3 Å². The van der Waals surface area contributed by atoms with E-state index in [0.29, 0.717) is 26.1 Å². The summed E-state index contributed by atoms with van der Waals surface area (Å²) in [6.45, 7) is 3.37. The first kappa shape index (κ1) is 15.4. The van der Waals surface area contributed by atoms with Gasteiger partial charge in [0.2, 0.25) is 5.91 Å². The number of benzene rings is 1. The summed E-state index contributed by atoms with van der Waals surface area (Å²) in [5.74, 6) is -0.0904. The Morgan fingerprint density at radius 3 is 2.74 bits per heavy atom. The van der Waals surface area contributed by atoms with Gasteiger partial charge < -0.3 is 15.8 Å². The molecule has 0 fully saturated rings. The molecule has 0 radical (unpaired) electrons. The molecule has 4 heteroatoms. The van der Waals surface area contributed by atoms with E-state index in [-0.39, 0.29) is 5.91 Å². The number of carbonyl (C=O) groups excluding carboxylic acids is 1. The van der Waals surface area contributed by atoms with Crippen molar-refractivity contribution in [2.75, 3.05) is 19.7 Å². The fourth-order valence-corrected chi connectivity index (χ4v) is 1.71. The second kappa shape index (κ2) is 9.30. The van der Waals surface area contributed by atoms with Gasteiger partial charge in [-0.2, -0.15) is 0 Å². The van der Waals surface area contributed by atoms with Gasteiger partial charge in [-0.05, 0) is 12.5 Å². The molecule has 1 rings (SSSR count). The Morgan fingerprint density at radius 2 is 2.11 bits per heavy atom. The molecule has 0 saturated carbocycles. The maximum Gasteiger partial charge on any atom is 0.249 e. The van der Waals surface area contributed by atoms with Gasteiger partial charge in [-0.15, -0.1) is 0 Å². The van der Waals surface area contributed by atoms with Gasteiger partial charge in [-0.1, -0.05) is 42.5 Å².